The van der Waals surface area contributed by atoms with Crippen molar-refractivity contribution in [1.82, 2.24) is 10.2 Å². The second-order valence-electron chi connectivity index (χ2n) is 3.52. The van der Waals surface area contributed by atoms with E-state index in [1.54, 1.807) is 14.0 Å². The van der Waals surface area contributed by atoms with Crippen LogP contribution in [0.25, 0.3) is 0 Å². The zero-order chi connectivity index (χ0) is 12.0. The number of ketones is 1. The molecule has 0 saturated heterocycles. The molecule has 0 radical (unpaired) electrons. The molecule has 0 rings (SSSR count). The Morgan fingerprint density at radius 3 is 2.27 bits per heavy atom. The first kappa shape index (κ1) is 13.6. The highest BCUT2D eigenvalue weighted by Crippen LogP contribution is 1.93. The quantitative estimate of drug-likeness (QED) is 0.652. The Morgan fingerprint density at radius 2 is 1.87 bits per heavy atom. The van der Waals surface area contributed by atoms with Crippen LogP contribution in [-0.2, 0) is 14.4 Å². The minimum Gasteiger partial charge on any atom is -0.344 e. The van der Waals surface area contributed by atoms with Crippen LogP contribution >= 0.6 is 0 Å². The van der Waals surface area contributed by atoms with Gasteiger partial charge in [-0.25, -0.2) is 0 Å². The molecule has 0 aromatic rings. The highest BCUT2D eigenvalue weighted by atomic mass is 16.2. The Labute approximate surface area is 89.8 Å². The first-order chi connectivity index (χ1) is 6.88. The molecule has 0 aromatic heterocycles. The van der Waals surface area contributed by atoms with Gasteiger partial charge >= 0.3 is 0 Å². The number of likely N-dealkylation sites (N-methyl/N-ethyl adjacent to an activating group) is 1. The standard InChI is InChI=1S/C10H18N2O3/c1-5-12(4)10(15)8(3)11-9(14)6-7(2)13/h8H,5-6H2,1-4H3,(H,11,14). The molecule has 0 bridgehead atoms. The molecule has 0 aliphatic rings. The number of rotatable bonds is 5. The second kappa shape index (κ2) is 6.16. The normalized spacial score (nSPS) is 11.7. The summed E-state index contributed by atoms with van der Waals surface area (Å²) >= 11 is 0. The van der Waals surface area contributed by atoms with Crippen LogP contribution in [0, 0.1) is 0 Å². The Morgan fingerprint density at radius 1 is 1.33 bits per heavy atom. The molecule has 15 heavy (non-hydrogen) atoms. The molecule has 0 saturated carbocycles. The molecule has 0 aliphatic carbocycles. The predicted octanol–water partition coefficient (Wildman–Crippen LogP) is -0.0515. The van der Waals surface area contributed by atoms with Crippen LogP contribution in [0.3, 0.4) is 0 Å². The van der Waals surface area contributed by atoms with Gasteiger partial charge in [-0.3, -0.25) is 14.4 Å². The average molecular weight is 214 g/mol. The van der Waals surface area contributed by atoms with E-state index in [0.29, 0.717) is 6.54 Å². The Hall–Kier alpha value is -1.39. The maximum absolute atomic E-state index is 11.5. The summed E-state index contributed by atoms with van der Waals surface area (Å²) in [7, 11) is 1.66. The van der Waals surface area contributed by atoms with E-state index in [1.165, 1.54) is 11.8 Å². The van der Waals surface area contributed by atoms with Crippen molar-refractivity contribution in [3.05, 3.63) is 0 Å². The Balaban J connectivity index is 4.12. The maximum Gasteiger partial charge on any atom is 0.244 e. The van der Waals surface area contributed by atoms with E-state index in [1.807, 2.05) is 6.92 Å². The summed E-state index contributed by atoms with van der Waals surface area (Å²) in [6.45, 7) is 5.38. The number of amides is 2. The molecule has 0 aromatic carbocycles. The lowest BCUT2D eigenvalue weighted by Gasteiger charge is -2.20. The van der Waals surface area contributed by atoms with Crippen LogP contribution in [0.15, 0.2) is 0 Å². The van der Waals surface area contributed by atoms with Crippen molar-refractivity contribution in [2.75, 3.05) is 13.6 Å². The summed E-state index contributed by atoms with van der Waals surface area (Å²) in [4.78, 5) is 34.9. The van der Waals surface area contributed by atoms with Gasteiger partial charge in [-0.05, 0) is 20.8 Å². The molecule has 0 spiro atoms. The molecule has 0 fully saturated rings. The van der Waals surface area contributed by atoms with Crippen molar-refractivity contribution in [3.8, 4) is 0 Å². The van der Waals surface area contributed by atoms with Gasteiger partial charge < -0.3 is 10.2 Å². The lowest BCUT2D eigenvalue weighted by Crippen LogP contribution is -2.45. The predicted molar refractivity (Wildman–Crippen MR) is 56.2 cm³/mol. The largest absolute Gasteiger partial charge is 0.344 e. The molecule has 1 unspecified atom stereocenters. The van der Waals surface area contributed by atoms with Crippen molar-refractivity contribution in [3.63, 3.8) is 0 Å². The third kappa shape index (κ3) is 5.15. The summed E-state index contributed by atoms with van der Waals surface area (Å²) in [6.07, 6.45) is -0.173. The van der Waals surface area contributed by atoms with Gasteiger partial charge in [0.15, 0.2) is 0 Å². The van der Waals surface area contributed by atoms with E-state index < -0.39 is 11.9 Å². The van der Waals surface area contributed by atoms with Crippen molar-refractivity contribution >= 4 is 17.6 Å². The molecule has 86 valence electrons. The van der Waals surface area contributed by atoms with Gasteiger partial charge in [-0.15, -0.1) is 0 Å². The number of Topliss-reactive ketones (excluding diaryl/α,β-unsaturated/α-hetero) is 1. The van der Waals surface area contributed by atoms with Gasteiger partial charge in [0.25, 0.3) is 0 Å². The zero-order valence-corrected chi connectivity index (χ0v) is 9.66. The first-order valence-electron chi connectivity index (χ1n) is 4.92. The lowest BCUT2D eigenvalue weighted by molar-refractivity contribution is -0.135. The van der Waals surface area contributed by atoms with Gasteiger partial charge in [0.1, 0.15) is 11.8 Å². The van der Waals surface area contributed by atoms with E-state index in [9.17, 15) is 14.4 Å². The van der Waals surface area contributed by atoms with Gasteiger partial charge in [0.05, 0.1) is 6.42 Å². The molecular weight excluding hydrogens is 196 g/mol. The fraction of sp³-hybridized carbons (Fsp3) is 0.700. The highest BCUT2D eigenvalue weighted by Gasteiger charge is 2.18. The number of carbonyl (C=O) groups excluding carboxylic acids is 3. The topological polar surface area (TPSA) is 66.5 Å². The lowest BCUT2D eigenvalue weighted by atomic mass is 10.2. The number of nitrogens with zero attached hydrogens (tertiary/aromatic N) is 1. The van der Waals surface area contributed by atoms with E-state index in [-0.39, 0.29) is 18.1 Å². The fourth-order valence-electron chi connectivity index (χ4n) is 1.07. The Bertz CT molecular complexity index is 263. The minimum atomic E-state index is -0.582. The maximum atomic E-state index is 11.5. The van der Waals surface area contributed by atoms with Crippen molar-refractivity contribution < 1.29 is 14.4 Å². The van der Waals surface area contributed by atoms with Crippen LogP contribution in [0.2, 0.25) is 0 Å². The van der Waals surface area contributed by atoms with Gasteiger partial charge in [0, 0.05) is 13.6 Å². The average Bonchev–Trinajstić information content (AvgIpc) is 2.13. The van der Waals surface area contributed by atoms with Crippen LogP contribution < -0.4 is 5.32 Å². The summed E-state index contributed by atoms with van der Waals surface area (Å²) in [6, 6.07) is -0.582. The number of carbonyl (C=O) groups is 3. The second-order valence-corrected chi connectivity index (χ2v) is 3.52. The van der Waals surface area contributed by atoms with E-state index >= 15 is 0 Å². The highest BCUT2D eigenvalue weighted by molar-refractivity contribution is 5.98. The van der Waals surface area contributed by atoms with E-state index in [2.05, 4.69) is 5.32 Å². The number of hydrogen-bond donors (Lipinski definition) is 1. The number of hydrogen-bond acceptors (Lipinski definition) is 3. The third-order valence-electron chi connectivity index (χ3n) is 2.01. The van der Waals surface area contributed by atoms with Crippen molar-refractivity contribution in [2.45, 2.75) is 33.2 Å². The van der Waals surface area contributed by atoms with Gasteiger partial charge in [0.2, 0.25) is 11.8 Å². The molecule has 0 aliphatic heterocycles. The van der Waals surface area contributed by atoms with E-state index in [0.717, 1.165) is 0 Å². The minimum absolute atomic E-state index is 0.158. The Kier molecular flexibility index (Phi) is 5.59. The summed E-state index contributed by atoms with van der Waals surface area (Å²) < 4.78 is 0. The molecule has 5 nitrogen and oxygen atoms in total. The SMILES string of the molecule is CCN(C)C(=O)C(C)NC(=O)CC(C)=O. The van der Waals surface area contributed by atoms with Crippen molar-refractivity contribution in [1.29, 1.82) is 0 Å². The van der Waals surface area contributed by atoms with Crippen molar-refractivity contribution in [2.24, 2.45) is 0 Å². The summed E-state index contributed by atoms with van der Waals surface area (Å²) in [5, 5.41) is 2.48. The van der Waals surface area contributed by atoms with Crippen LogP contribution in [0.4, 0.5) is 0 Å². The van der Waals surface area contributed by atoms with Crippen LogP contribution in [0.1, 0.15) is 27.2 Å². The van der Waals surface area contributed by atoms with Gasteiger partial charge in [-0.1, -0.05) is 0 Å². The number of nitrogens with one attached hydrogen (secondary N) is 1. The monoisotopic (exact) mass is 214 g/mol. The molecular formula is C10H18N2O3. The first-order valence-corrected chi connectivity index (χ1v) is 4.92. The summed E-state index contributed by atoms with van der Waals surface area (Å²) in [5.74, 6) is -0.779. The summed E-state index contributed by atoms with van der Waals surface area (Å²) in [5.41, 5.74) is 0. The molecule has 1 N–H and O–H groups in total. The van der Waals surface area contributed by atoms with E-state index in [4.69, 9.17) is 0 Å². The molecule has 0 heterocycles. The third-order valence-corrected chi connectivity index (χ3v) is 2.01. The molecule has 1 atom stereocenters. The van der Waals surface area contributed by atoms with Crippen LogP contribution in [0.5, 0.6) is 0 Å². The zero-order valence-electron chi connectivity index (χ0n) is 9.66. The fourth-order valence-corrected chi connectivity index (χ4v) is 1.07. The van der Waals surface area contributed by atoms with Crippen LogP contribution in [-0.4, -0.2) is 42.1 Å². The smallest absolute Gasteiger partial charge is 0.244 e. The molecule has 5 heteroatoms. The van der Waals surface area contributed by atoms with Gasteiger partial charge in [-0.2, -0.15) is 0 Å². The molecule has 2 amide bonds.